The lowest BCUT2D eigenvalue weighted by Crippen LogP contribution is -2.38. The lowest BCUT2D eigenvalue weighted by atomic mass is 9.76. The van der Waals surface area contributed by atoms with E-state index in [-0.39, 0.29) is 0 Å². The molecule has 2 aliphatic rings. The molecule has 21 heavy (non-hydrogen) atoms. The molecule has 3 atom stereocenters. The summed E-state index contributed by atoms with van der Waals surface area (Å²) in [5.41, 5.74) is 1.70. The molecule has 3 rings (SSSR count). The van der Waals surface area contributed by atoms with Gasteiger partial charge in [0.15, 0.2) is 5.13 Å². The molecule has 1 saturated heterocycles. The van der Waals surface area contributed by atoms with Crippen LogP contribution in [0.2, 0.25) is 0 Å². The van der Waals surface area contributed by atoms with Gasteiger partial charge in [-0.15, -0.1) is 0 Å². The third-order valence-electron chi connectivity index (χ3n) is 4.92. The summed E-state index contributed by atoms with van der Waals surface area (Å²) in [4.78, 5) is 9.05. The average Bonchev–Trinajstić information content (AvgIpc) is 2.78. The van der Waals surface area contributed by atoms with Gasteiger partial charge in [0.05, 0.1) is 5.69 Å². The van der Waals surface area contributed by atoms with E-state index in [4.69, 9.17) is 4.98 Å². The number of hydrogen-bond donors (Lipinski definition) is 1. The maximum absolute atomic E-state index is 5.04. The van der Waals surface area contributed by atoms with Crippen LogP contribution in [0.15, 0.2) is 0 Å². The van der Waals surface area contributed by atoms with Gasteiger partial charge in [0.25, 0.3) is 0 Å². The first-order chi connectivity index (χ1) is 9.88. The first-order valence-corrected chi connectivity index (χ1v) is 9.11. The monoisotopic (exact) mass is 307 g/mol. The highest BCUT2D eigenvalue weighted by molar-refractivity contribution is 7.15. The Morgan fingerprint density at radius 2 is 1.90 bits per heavy atom. The Kier molecular flexibility index (Phi) is 4.04. The van der Waals surface area contributed by atoms with Crippen LogP contribution in [0.1, 0.15) is 57.1 Å². The molecule has 1 aliphatic carbocycles. The van der Waals surface area contributed by atoms with Crippen molar-refractivity contribution in [2.75, 3.05) is 25.0 Å². The first-order valence-electron chi connectivity index (χ1n) is 8.30. The van der Waals surface area contributed by atoms with Crippen LogP contribution in [0.25, 0.3) is 0 Å². The largest absolute Gasteiger partial charge is 0.348 e. The van der Waals surface area contributed by atoms with Gasteiger partial charge < -0.3 is 10.2 Å². The molecule has 0 saturated carbocycles. The van der Waals surface area contributed by atoms with Crippen molar-refractivity contribution in [3.8, 4) is 0 Å². The Balaban J connectivity index is 1.88. The zero-order valence-corrected chi connectivity index (χ0v) is 14.9. The minimum atomic E-state index is 0.356. The third kappa shape index (κ3) is 3.11. The second-order valence-electron chi connectivity index (χ2n) is 8.04. The van der Waals surface area contributed by atoms with Crippen LogP contribution in [0.3, 0.4) is 0 Å². The summed E-state index contributed by atoms with van der Waals surface area (Å²) in [6.07, 6.45) is 3.69. The van der Waals surface area contributed by atoms with E-state index in [2.05, 4.69) is 45.0 Å². The van der Waals surface area contributed by atoms with Crippen molar-refractivity contribution in [3.63, 3.8) is 0 Å². The minimum absolute atomic E-state index is 0.356. The summed E-state index contributed by atoms with van der Waals surface area (Å²) in [6.45, 7) is 11.8. The van der Waals surface area contributed by atoms with Crippen molar-refractivity contribution in [2.24, 2.45) is 17.3 Å². The van der Waals surface area contributed by atoms with Crippen LogP contribution in [0.4, 0.5) is 5.13 Å². The van der Waals surface area contributed by atoms with Crippen LogP contribution in [-0.4, -0.2) is 25.1 Å². The topological polar surface area (TPSA) is 28.2 Å². The Morgan fingerprint density at radius 3 is 2.52 bits per heavy atom. The van der Waals surface area contributed by atoms with Crippen LogP contribution >= 0.6 is 11.3 Å². The lowest BCUT2D eigenvalue weighted by Gasteiger charge is -2.34. The minimum Gasteiger partial charge on any atom is -0.348 e. The molecule has 0 amide bonds. The highest BCUT2D eigenvalue weighted by Crippen LogP contribution is 2.45. The molecule has 3 nitrogen and oxygen atoms in total. The summed E-state index contributed by atoms with van der Waals surface area (Å²) in [5, 5.41) is 4.76. The number of hydrogen-bond acceptors (Lipinski definition) is 4. The highest BCUT2D eigenvalue weighted by atomic mass is 32.1. The van der Waals surface area contributed by atoms with Crippen molar-refractivity contribution in [2.45, 2.75) is 53.0 Å². The molecule has 1 N–H and O–H groups in total. The number of anilines is 1. The first kappa shape index (κ1) is 15.3. The normalized spacial score (nSPS) is 32.0. The summed E-state index contributed by atoms with van der Waals surface area (Å²) < 4.78 is 0. The smallest absolute Gasteiger partial charge is 0.185 e. The standard InChI is InChI=1S/C17H29N3S/c1-11-6-12(2)10-20(9-11)16-19-14-8-17(3,4)7-13(18-5)15(14)21-16/h11-13,18H,6-10H2,1-5H3. The Labute approximate surface area is 133 Å². The Bertz CT molecular complexity index is 498. The fourth-order valence-corrected chi connectivity index (χ4v) is 5.32. The molecule has 0 radical (unpaired) electrons. The fraction of sp³-hybridized carbons (Fsp3) is 0.824. The van der Waals surface area contributed by atoms with E-state index < -0.39 is 0 Å². The molecule has 0 aromatic carbocycles. The molecule has 1 aliphatic heterocycles. The van der Waals surface area contributed by atoms with Gasteiger partial charge >= 0.3 is 0 Å². The molecule has 0 spiro atoms. The third-order valence-corrected chi connectivity index (χ3v) is 6.20. The second-order valence-corrected chi connectivity index (χ2v) is 9.05. The molecule has 2 heterocycles. The average molecular weight is 308 g/mol. The molecule has 4 heteroatoms. The molecule has 1 aromatic rings. The van der Waals surface area contributed by atoms with Gasteiger partial charge in [-0.3, -0.25) is 0 Å². The van der Waals surface area contributed by atoms with E-state index in [0.29, 0.717) is 11.5 Å². The van der Waals surface area contributed by atoms with Crippen molar-refractivity contribution >= 4 is 16.5 Å². The number of rotatable bonds is 2. The quantitative estimate of drug-likeness (QED) is 0.899. The van der Waals surface area contributed by atoms with Crippen molar-refractivity contribution in [1.82, 2.24) is 10.3 Å². The Morgan fingerprint density at radius 1 is 1.24 bits per heavy atom. The lowest BCUT2D eigenvalue weighted by molar-refractivity contribution is 0.265. The number of thiazole rings is 1. The number of piperidine rings is 1. The SMILES string of the molecule is CNC1CC(C)(C)Cc2nc(N3CC(C)CC(C)C3)sc21. The number of nitrogens with one attached hydrogen (secondary N) is 1. The fourth-order valence-electron chi connectivity index (χ4n) is 4.11. The van der Waals surface area contributed by atoms with Crippen LogP contribution in [0, 0.1) is 17.3 Å². The van der Waals surface area contributed by atoms with Gasteiger partial charge in [-0.05, 0) is 43.6 Å². The summed E-state index contributed by atoms with van der Waals surface area (Å²) in [5.74, 6) is 1.57. The van der Waals surface area contributed by atoms with Crippen molar-refractivity contribution in [1.29, 1.82) is 0 Å². The molecule has 1 fully saturated rings. The van der Waals surface area contributed by atoms with Gasteiger partial charge in [0, 0.05) is 24.0 Å². The van der Waals surface area contributed by atoms with E-state index in [9.17, 15) is 0 Å². The predicted octanol–water partition coefficient (Wildman–Crippen LogP) is 3.86. The van der Waals surface area contributed by atoms with Crippen LogP contribution < -0.4 is 10.2 Å². The van der Waals surface area contributed by atoms with E-state index in [1.165, 1.54) is 41.6 Å². The number of aromatic nitrogens is 1. The van der Waals surface area contributed by atoms with Gasteiger partial charge in [-0.2, -0.15) is 0 Å². The highest BCUT2D eigenvalue weighted by Gasteiger charge is 2.35. The Hall–Kier alpha value is -0.610. The summed E-state index contributed by atoms with van der Waals surface area (Å²) >= 11 is 1.93. The number of fused-ring (bicyclic) bond motifs is 1. The maximum Gasteiger partial charge on any atom is 0.185 e. The second kappa shape index (κ2) is 5.54. The van der Waals surface area contributed by atoms with Crippen molar-refractivity contribution < 1.29 is 0 Å². The molecular weight excluding hydrogens is 278 g/mol. The van der Waals surface area contributed by atoms with Crippen LogP contribution in [-0.2, 0) is 6.42 Å². The van der Waals surface area contributed by atoms with E-state index >= 15 is 0 Å². The summed E-state index contributed by atoms with van der Waals surface area (Å²) in [7, 11) is 2.08. The summed E-state index contributed by atoms with van der Waals surface area (Å²) in [6, 6.07) is 0.481. The van der Waals surface area contributed by atoms with Gasteiger partial charge in [0.1, 0.15) is 0 Å². The number of nitrogens with zero attached hydrogens (tertiary/aromatic N) is 2. The van der Waals surface area contributed by atoms with E-state index in [0.717, 1.165) is 18.3 Å². The molecule has 3 unspecified atom stereocenters. The molecular formula is C17H29N3S. The van der Waals surface area contributed by atoms with E-state index in [1.54, 1.807) is 0 Å². The van der Waals surface area contributed by atoms with Gasteiger partial charge in [-0.25, -0.2) is 4.98 Å². The predicted molar refractivity (Wildman–Crippen MR) is 91.2 cm³/mol. The molecule has 0 bridgehead atoms. The van der Waals surface area contributed by atoms with E-state index in [1.807, 2.05) is 11.3 Å². The van der Waals surface area contributed by atoms with Crippen LogP contribution in [0.5, 0.6) is 0 Å². The molecule has 118 valence electrons. The van der Waals surface area contributed by atoms with Gasteiger partial charge in [-0.1, -0.05) is 39.0 Å². The van der Waals surface area contributed by atoms with Gasteiger partial charge in [0.2, 0.25) is 0 Å². The van der Waals surface area contributed by atoms with Crippen molar-refractivity contribution in [3.05, 3.63) is 10.6 Å². The molecule has 1 aromatic heterocycles. The zero-order valence-electron chi connectivity index (χ0n) is 14.1. The maximum atomic E-state index is 5.04. The zero-order chi connectivity index (χ0) is 15.2.